The maximum absolute atomic E-state index is 12.7. The number of hydrogen-bond acceptors (Lipinski definition) is 2. The molecule has 2 unspecified atom stereocenters. The van der Waals surface area contributed by atoms with Crippen molar-refractivity contribution in [3.05, 3.63) is 35.6 Å². The van der Waals surface area contributed by atoms with Gasteiger partial charge in [0.25, 0.3) is 0 Å². The molecular formula is C15H22FNO2. The zero-order chi connectivity index (χ0) is 14.3. The highest BCUT2D eigenvalue weighted by Gasteiger charge is 2.23. The van der Waals surface area contributed by atoms with Crippen molar-refractivity contribution >= 4 is 5.97 Å². The SMILES string of the molecule is CCCC(C)C(CNCc1ccc(F)cc1)C(=O)O. The molecule has 0 bridgehead atoms. The third kappa shape index (κ3) is 5.39. The number of nitrogens with one attached hydrogen (secondary N) is 1. The molecule has 0 aliphatic rings. The van der Waals surface area contributed by atoms with Gasteiger partial charge in [-0.3, -0.25) is 4.79 Å². The van der Waals surface area contributed by atoms with Crippen molar-refractivity contribution in [3.63, 3.8) is 0 Å². The third-order valence-corrected chi connectivity index (χ3v) is 3.35. The maximum Gasteiger partial charge on any atom is 0.308 e. The summed E-state index contributed by atoms with van der Waals surface area (Å²) in [6.07, 6.45) is 1.90. The van der Waals surface area contributed by atoms with Crippen molar-refractivity contribution in [1.82, 2.24) is 5.32 Å². The van der Waals surface area contributed by atoms with E-state index in [0.717, 1.165) is 18.4 Å². The Morgan fingerprint density at radius 1 is 1.37 bits per heavy atom. The Labute approximate surface area is 113 Å². The Morgan fingerprint density at radius 3 is 2.53 bits per heavy atom. The van der Waals surface area contributed by atoms with Crippen LogP contribution in [0.3, 0.4) is 0 Å². The summed E-state index contributed by atoms with van der Waals surface area (Å²) < 4.78 is 12.7. The molecule has 0 spiro atoms. The van der Waals surface area contributed by atoms with Crippen LogP contribution in [0.4, 0.5) is 4.39 Å². The summed E-state index contributed by atoms with van der Waals surface area (Å²) in [5, 5.41) is 12.4. The van der Waals surface area contributed by atoms with Gasteiger partial charge in [0, 0.05) is 13.1 Å². The molecule has 1 aromatic carbocycles. The summed E-state index contributed by atoms with van der Waals surface area (Å²) in [7, 11) is 0. The van der Waals surface area contributed by atoms with Gasteiger partial charge < -0.3 is 10.4 Å². The van der Waals surface area contributed by atoms with Crippen molar-refractivity contribution < 1.29 is 14.3 Å². The van der Waals surface area contributed by atoms with Crippen LogP contribution in [-0.2, 0) is 11.3 Å². The minimum Gasteiger partial charge on any atom is -0.481 e. The van der Waals surface area contributed by atoms with Crippen LogP contribution < -0.4 is 5.32 Å². The molecule has 0 aliphatic carbocycles. The van der Waals surface area contributed by atoms with Crippen molar-refractivity contribution in [2.45, 2.75) is 33.2 Å². The molecule has 0 saturated heterocycles. The van der Waals surface area contributed by atoms with Gasteiger partial charge >= 0.3 is 5.97 Å². The van der Waals surface area contributed by atoms with E-state index >= 15 is 0 Å². The van der Waals surface area contributed by atoms with E-state index in [1.54, 1.807) is 12.1 Å². The average molecular weight is 267 g/mol. The molecule has 106 valence electrons. The van der Waals surface area contributed by atoms with Gasteiger partial charge in [-0.2, -0.15) is 0 Å². The Bertz CT molecular complexity index is 392. The van der Waals surface area contributed by atoms with E-state index in [9.17, 15) is 14.3 Å². The highest BCUT2D eigenvalue weighted by molar-refractivity contribution is 5.70. The van der Waals surface area contributed by atoms with Crippen molar-refractivity contribution in [2.75, 3.05) is 6.54 Å². The predicted octanol–water partition coefficient (Wildman–Crippen LogP) is 3.05. The second-order valence-corrected chi connectivity index (χ2v) is 4.97. The number of carboxylic acids is 1. The van der Waals surface area contributed by atoms with Crippen LogP contribution in [0.1, 0.15) is 32.3 Å². The van der Waals surface area contributed by atoms with Crippen LogP contribution in [0.5, 0.6) is 0 Å². The van der Waals surface area contributed by atoms with Gasteiger partial charge in [0.15, 0.2) is 0 Å². The first-order chi connectivity index (χ1) is 9.04. The van der Waals surface area contributed by atoms with Crippen molar-refractivity contribution in [1.29, 1.82) is 0 Å². The van der Waals surface area contributed by atoms with Crippen LogP contribution in [0.25, 0.3) is 0 Å². The lowest BCUT2D eigenvalue weighted by Crippen LogP contribution is -2.32. The van der Waals surface area contributed by atoms with E-state index in [1.165, 1.54) is 12.1 Å². The Hall–Kier alpha value is -1.42. The van der Waals surface area contributed by atoms with E-state index in [-0.39, 0.29) is 17.7 Å². The molecule has 3 nitrogen and oxygen atoms in total. The number of hydrogen-bond donors (Lipinski definition) is 2. The Balaban J connectivity index is 2.44. The lowest BCUT2D eigenvalue weighted by atomic mass is 9.90. The Morgan fingerprint density at radius 2 is 2.00 bits per heavy atom. The summed E-state index contributed by atoms with van der Waals surface area (Å²) in [5.41, 5.74) is 0.952. The molecule has 2 atom stereocenters. The lowest BCUT2D eigenvalue weighted by molar-refractivity contribution is -0.143. The largest absolute Gasteiger partial charge is 0.481 e. The normalized spacial score (nSPS) is 14.1. The summed E-state index contributed by atoms with van der Waals surface area (Å²) in [5.74, 6) is -1.24. The molecule has 2 N–H and O–H groups in total. The molecule has 0 fully saturated rings. The molecule has 0 heterocycles. The molecule has 1 rings (SSSR count). The minimum atomic E-state index is -0.757. The first kappa shape index (κ1) is 15.6. The number of aliphatic carboxylic acids is 1. The van der Waals surface area contributed by atoms with Crippen molar-refractivity contribution in [3.8, 4) is 0 Å². The third-order valence-electron chi connectivity index (χ3n) is 3.35. The maximum atomic E-state index is 12.7. The van der Waals surface area contributed by atoms with Gasteiger partial charge in [-0.25, -0.2) is 4.39 Å². The molecule has 0 aromatic heterocycles. The van der Waals surface area contributed by atoms with Gasteiger partial charge in [-0.05, 0) is 23.6 Å². The first-order valence-electron chi connectivity index (χ1n) is 6.72. The van der Waals surface area contributed by atoms with E-state index in [4.69, 9.17) is 0 Å². The highest BCUT2D eigenvalue weighted by atomic mass is 19.1. The van der Waals surface area contributed by atoms with E-state index < -0.39 is 5.97 Å². The molecule has 1 aromatic rings. The Kier molecular flexibility index (Phi) is 6.50. The standard InChI is InChI=1S/C15H22FNO2/c1-3-4-11(2)14(15(18)19)10-17-9-12-5-7-13(16)8-6-12/h5-8,11,14,17H,3-4,9-10H2,1-2H3,(H,18,19). The molecule has 4 heteroatoms. The second kappa shape index (κ2) is 7.89. The predicted molar refractivity (Wildman–Crippen MR) is 73.3 cm³/mol. The molecule has 0 saturated carbocycles. The quantitative estimate of drug-likeness (QED) is 0.761. The van der Waals surface area contributed by atoms with Crippen LogP contribution in [0, 0.1) is 17.7 Å². The summed E-state index contributed by atoms with van der Waals surface area (Å²) in [6.45, 7) is 5.03. The van der Waals surface area contributed by atoms with Crippen LogP contribution >= 0.6 is 0 Å². The van der Waals surface area contributed by atoms with E-state index in [1.807, 2.05) is 6.92 Å². The van der Waals surface area contributed by atoms with Crippen LogP contribution in [-0.4, -0.2) is 17.6 Å². The smallest absolute Gasteiger partial charge is 0.308 e. The molecular weight excluding hydrogens is 245 g/mol. The highest BCUT2D eigenvalue weighted by Crippen LogP contribution is 2.17. The van der Waals surface area contributed by atoms with Gasteiger partial charge in [-0.15, -0.1) is 0 Å². The zero-order valence-electron chi connectivity index (χ0n) is 11.5. The number of rotatable bonds is 8. The van der Waals surface area contributed by atoms with Gasteiger partial charge in [-0.1, -0.05) is 38.8 Å². The number of benzene rings is 1. The number of carboxylic acid groups (broad SMARTS) is 1. The van der Waals surface area contributed by atoms with Gasteiger partial charge in [0.1, 0.15) is 5.82 Å². The minimum absolute atomic E-state index is 0.156. The second-order valence-electron chi connectivity index (χ2n) is 4.97. The van der Waals surface area contributed by atoms with Crippen LogP contribution in [0.15, 0.2) is 24.3 Å². The average Bonchev–Trinajstić information content (AvgIpc) is 2.36. The zero-order valence-corrected chi connectivity index (χ0v) is 11.5. The van der Waals surface area contributed by atoms with Crippen LogP contribution in [0.2, 0.25) is 0 Å². The molecule has 0 amide bonds. The molecule has 0 aliphatic heterocycles. The fraction of sp³-hybridized carbons (Fsp3) is 0.533. The summed E-state index contributed by atoms with van der Waals surface area (Å²) >= 11 is 0. The van der Waals surface area contributed by atoms with Crippen molar-refractivity contribution in [2.24, 2.45) is 11.8 Å². The summed E-state index contributed by atoms with van der Waals surface area (Å²) in [6, 6.07) is 6.22. The fourth-order valence-electron chi connectivity index (χ4n) is 2.16. The first-order valence-corrected chi connectivity index (χ1v) is 6.72. The number of carbonyl (C=O) groups is 1. The fourth-order valence-corrected chi connectivity index (χ4v) is 2.16. The summed E-state index contributed by atoms with van der Waals surface area (Å²) in [4.78, 5) is 11.2. The topological polar surface area (TPSA) is 49.3 Å². The van der Waals surface area contributed by atoms with Gasteiger partial charge in [0.05, 0.1) is 5.92 Å². The molecule has 19 heavy (non-hydrogen) atoms. The lowest BCUT2D eigenvalue weighted by Gasteiger charge is -2.20. The molecule has 0 radical (unpaired) electrons. The van der Waals surface area contributed by atoms with Gasteiger partial charge in [0.2, 0.25) is 0 Å². The number of halogens is 1. The van der Waals surface area contributed by atoms with E-state index in [2.05, 4.69) is 12.2 Å². The monoisotopic (exact) mass is 267 g/mol. The van der Waals surface area contributed by atoms with E-state index in [0.29, 0.717) is 13.1 Å².